The molecule has 0 spiro atoms. The Morgan fingerprint density at radius 2 is 2.25 bits per heavy atom. The Balaban J connectivity index is 2.25. The molecule has 1 aromatic heterocycles. The number of piperidine rings is 1. The molecule has 2 N–H and O–H groups in total. The number of aromatic nitrogens is 3. The van der Waals surface area contributed by atoms with E-state index in [1.807, 2.05) is 0 Å². The highest BCUT2D eigenvalue weighted by atomic mass is 15.2. The summed E-state index contributed by atoms with van der Waals surface area (Å²) in [5.74, 6) is 2.44. The van der Waals surface area contributed by atoms with Crippen LogP contribution in [0.15, 0.2) is 0 Å². The number of hydrogen-bond acceptors (Lipinski definition) is 3. The number of rotatable bonds is 3. The summed E-state index contributed by atoms with van der Waals surface area (Å²) in [5, 5.41) is 11.0. The molecule has 1 saturated heterocycles. The minimum Gasteiger partial charge on any atom is -0.316 e. The van der Waals surface area contributed by atoms with Gasteiger partial charge in [0.25, 0.3) is 0 Å². The van der Waals surface area contributed by atoms with E-state index in [1.165, 1.54) is 12.8 Å². The summed E-state index contributed by atoms with van der Waals surface area (Å²) in [7, 11) is 0. The van der Waals surface area contributed by atoms with E-state index in [4.69, 9.17) is 0 Å². The molecule has 0 aromatic carbocycles. The van der Waals surface area contributed by atoms with Crippen LogP contribution in [0.25, 0.3) is 0 Å². The van der Waals surface area contributed by atoms with Crippen molar-refractivity contribution in [3.8, 4) is 0 Å². The van der Waals surface area contributed by atoms with E-state index in [1.54, 1.807) is 0 Å². The van der Waals surface area contributed by atoms with Crippen molar-refractivity contribution in [1.82, 2.24) is 20.5 Å². The van der Waals surface area contributed by atoms with Crippen LogP contribution in [-0.4, -0.2) is 28.3 Å². The Kier molecular flexibility index (Phi) is 3.28. The van der Waals surface area contributed by atoms with Gasteiger partial charge in [0.05, 0.1) is 0 Å². The molecule has 1 aliphatic rings. The van der Waals surface area contributed by atoms with Crippen molar-refractivity contribution in [2.45, 2.75) is 51.4 Å². The largest absolute Gasteiger partial charge is 0.316 e. The Morgan fingerprint density at radius 3 is 2.75 bits per heavy atom. The lowest BCUT2D eigenvalue weighted by atomic mass is 9.77. The van der Waals surface area contributed by atoms with Crippen molar-refractivity contribution in [2.24, 2.45) is 0 Å². The maximum atomic E-state index is 4.67. The lowest BCUT2D eigenvalue weighted by Gasteiger charge is -2.34. The van der Waals surface area contributed by atoms with Gasteiger partial charge in [-0.25, -0.2) is 4.98 Å². The molecule has 2 rings (SSSR count). The maximum Gasteiger partial charge on any atom is 0.158 e. The van der Waals surface area contributed by atoms with Gasteiger partial charge in [0.2, 0.25) is 0 Å². The number of aromatic amines is 1. The molecule has 0 amide bonds. The lowest BCUT2D eigenvalue weighted by molar-refractivity contribution is 0.288. The van der Waals surface area contributed by atoms with Gasteiger partial charge in [0.1, 0.15) is 5.82 Å². The summed E-state index contributed by atoms with van der Waals surface area (Å²) in [4.78, 5) is 4.67. The summed E-state index contributed by atoms with van der Waals surface area (Å²) >= 11 is 0. The fraction of sp³-hybridized carbons (Fsp3) is 0.833. The Hall–Kier alpha value is -0.900. The SMILES string of the molecule is CCC1(c2n[nH]c(C(C)C)n2)CCCNC1. The molecule has 4 heteroatoms. The average Bonchev–Trinajstić information content (AvgIpc) is 2.80. The van der Waals surface area contributed by atoms with Crippen LogP contribution < -0.4 is 5.32 Å². The number of nitrogens with one attached hydrogen (secondary N) is 2. The summed E-state index contributed by atoms with van der Waals surface area (Å²) < 4.78 is 0. The van der Waals surface area contributed by atoms with Crippen molar-refractivity contribution < 1.29 is 0 Å². The molecule has 1 fully saturated rings. The first-order valence-corrected chi connectivity index (χ1v) is 6.31. The van der Waals surface area contributed by atoms with E-state index >= 15 is 0 Å². The average molecular weight is 222 g/mol. The van der Waals surface area contributed by atoms with Crippen molar-refractivity contribution in [3.63, 3.8) is 0 Å². The molecule has 0 bridgehead atoms. The smallest absolute Gasteiger partial charge is 0.158 e. The molecule has 0 saturated carbocycles. The van der Waals surface area contributed by atoms with Crippen LogP contribution in [-0.2, 0) is 5.41 Å². The summed E-state index contributed by atoms with van der Waals surface area (Å²) in [6.45, 7) is 8.66. The molecule has 16 heavy (non-hydrogen) atoms. The predicted molar refractivity (Wildman–Crippen MR) is 64.5 cm³/mol. The molecule has 0 radical (unpaired) electrons. The van der Waals surface area contributed by atoms with E-state index in [0.29, 0.717) is 5.92 Å². The highest BCUT2D eigenvalue weighted by Gasteiger charge is 2.36. The van der Waals surface area contributed by atoms with Gasteiger partial charge in [-0.3, -0.25) is 5.10 Å². The van der Waals surface area contributed by atoms with Crippen LogP contribution in [0.4, 0.5) is 0 Å². The number of hydrogen-bond donors (Lipinski definition) is 2. The van der Waals surface area contributed by atoms with E-state index in [2.05, 4.69) is 41.3 Å². The predicted octanol–water partition coefficient (Wildman–Crippen LogP) is 1.96. The highest BCUT2D eigenvalue weighted by Crippen LogP contribution is 2.32. The van der Waals surface area contributed by atoms with Gasteiger partial charge in [0.15, 0.2) is 5.82 Å². The van der Waals surface area contributed by atoms with E-state index in [-0.39, 0.29) is 5.41 Å². The molecule has 1 aromatic rings. The second kappa shape index (κ2) is 4.53. The molecule has 1 unspecified atom stereocenters. The standard InChI is InChI=1S/C12H22N4/c1-4-12(6-5-7-13-8-12)11-14-10(9(2)3)15-16-11/h9,13H,4-8H2,1-3H3,(H,14,15,16). The van der Waals surface area contributed by atoms with Gasteiger partial charge in [-0.15, -0.1) is 0 Å². The minimum atomic E-state index is 0.155. The summed E-state index contributed by atoms with van der Waals surface area (Å²) in [5.41, 5.74) is 0.155. The van der Waals surface area contributed by atoms with E-state index in [9.17, 15) is 0 Å². The van der Waals surface area contributed by atoms with Gasteiger partial charge >= 0.3 is 0 Å². The summed E-state index contributed by atoms with van der Waals surface area (Å²) in [6, 6.07) is 0. The Bertz CT molecular complexity index is 337. The van der Waals surface area contributed by atoms with Gasteiger partial charge in [-0.2, -0.15) is 5.10 Å². The molecular formula is C12H22N4. The Morgan fingerprint density at radius 1 is 1.44 bits per heavy atom. The first-order valence-electron chi connectivity index (χ1n) is 6.31. The van der Waals surface area contributed by atoms with Gasteiger partial charge in [0, 0.05) is 17.9 Å². The van der Waals surface area contributed by atoms with Gasteiger partial charge in [-0.1, -0.05) is 20.8 Å². The zero-order valence-electron chi connectivity index (χ0n) is 10.5. The molecule has 1 atom stereocenters. The van der Waals surface area contributed by atoms with Crippen LogP contribution in [0.3, 0.4) is 0 Å². The minimum absolute atomic E-state index is 0.155. The molecule has 2 heterocycles. The van der Waals surface area contributed by atoms with E-state index < -0.39 is 0 Å². The van der Waals surface area contributed by atoms with Crippen LogP contribution in [0.5, 0.6) is 0 Å². The van der Waals surface area contributed by atoms with Crippen molar-refractivity contribution >= 4 is 0 Å². The second-order valence-electron chi connectivity index (χ2n) is 5.11. The lowest BCUT2D eigenvalue weighted by Crippen LogP contribution is -2.43. The van der Waals surface area contributed by atoms with Gasteiger partial charge in [-0.05, 0) is 25.8 Å². The fourth-order valence-electron chi connectivity index (χ4n) is 2.39. The third-order valence-corrected chi connectivity index (χ3v) is 3.67. The van der Waals surface area contributed by atoms with Crippen LogP contribution in [0.2, 0.25) is 0 Å². The zero-order chi connectivity index (χ0) is 11.6. The van der Waals surface area contributed by atoms with E-state index in [0.717, 1.165) is 31.2 Å². The third-order valence-electron chi connectivity index (χ3n) is 3.67. The molecule has 90 valence electrons. The third kappa shape index (κ3) is 1.98. The topological polar surface area (TPSA) is 53.6 Å². The molecule has 0 aliphatic carbocycles. The maximum absolute atomic E-state index is 4.67. The van der Waals surface area contributed by atoms with Crippen LogP contribution >= 0.6 is 0 Å². The first-order chi connectivity index (χ1) is 7.68. The first kappa shape index (κ1) is 11.6. The van der Waals surface area contributed by atoms with Gasteiger partial charge < -0.3 is 5.32 Å². The zero-order valence-corrected chi connectivity index (χ0v) is 10.5. The molecule has 1 aliphatic heterocycles. The number of nitrogens with zero attached hydrogens (tertiary/aromatic N) is 2. The van der Waals surface area contributed by atoms with Crippen LogP contribution in [0, 0.1) is 0 Å². The quantitative estimate of drug-likeness (QED) is 0.822. The normalized spacial score (nSPS) is 26.2. The highest BCUT2D eigenvalue weighted by molar-refractivity contribution is 5.11. The summed E-state index contributed by atoms with van der Waals surface area (Å²) in [6.07, 6.45) is 3.53. The second-order valence-corrected chi connectivity index (χ2v) is 5.11. The monoisotopic (exact) mass is 222 g/mol. The van der Waals surface area contributed by atoms with Crippen molar-refractivity contribution in [1.29, 1.82) is 0 Å². The van der Waals surface area contributed by atoms with Crippen molar-refractivity contribution in [2.75, 3.05) is 13.1 Å². The van der Waals surface area contributed by atoms with Crippen LogP contribution in [0.1, 0.15) is 57.6 Å². The molecule has 4 nitrogen and oxygen atoms in total. The number of H-pyrrole nitrogens is 1. The fourth-order valence-corrected chi connectivity index (χ4v) is 2.39. The molecular weight excluding hydrogens is 200 g/mol. The Labute approximate surface area is 97.2 Å². The van der Waals surface area contributed by atoms with Crippen molar-refractivity contribution in [3.05, 3.63) is 11.6 Å².